The highest BCUT2D eigenvalue weighted by Crippen LogP contribution is 2.27. The number of hydrogen-bond acceptors (Lipinski definition) is 5. The van der Waals surface area contributed by atoms with Crippen LogP contribution in [0.5, 0.6) is 5.75 Å². The second-order valence-corrected chi connectivity index (χ2v) is 8.89. The minimum absolute atomic E-state index is 0.153. The van der Waals surface area contributed by atoms with E-state index >= 15 is 0 Å². The van der Waals surface area contributed by atoms with Gasteiger partial charge in [-0.1, -0.05) is 59.8 Å². The van der Waals surface area contributed by atoms with Crippen LogP contribution in [0, 0.1) is 0 Å². The van der Waals surface area contributed by atoms with E-state index in [1.807, 2.05) is 54.1 Å². The highest BCUT2D eigenvalue weighted by Gasteiger charge is 2.13. The normalized spacial score (nSPS) is 10.9. The molecule has 0 radical (unpaired) electrons. The number of amides is 1. The van der Waals surface area contributed by atoms with Crippen molar-refractivity contribution < 1.29 is 9.53 Å². The number of carbonyl (C=O) groups is 1. The third-order valence-electron chi connectivity index (χ3n) is 4.57. The molecule has 0 atom stereocenters. The van der Waals surface area contributed by atoms with Gasteiger partial charge in [-0.15, -0.1) is 10.2 Å². The second kappa shape index (κ2) is 9.72. The minimum atomic E-state index is -0.153. The van der Waals surface area contributed by atoms with Crippen molar-refractivity contribution in [1.29, 1.82) is 0 Å². The summed E-state index contributed by atoms with van der Waals surface area (Å²) in [6, 6.07) is 19.3. The predicted molar refractivity (Wildman–Crippen MR) is 128 cm³/mol. The molecule has 1 N–H and O–H groups in total. The lowest BCUT2D eigenvalue weighted by Gasteiger charge is -2.09. The van der Waals surface area contributed by atoms with E-state index in [1.54, 1.807) is 18.2 Å². The highest BCUT2D eigenvalue weighted by molar-refractivity contribution is 9.10. The number of fused-ring (bicyclic) bond motifs is 1. The first kappa shape index (κ1) is 21.7. The molecule has 0 fully saturated rings. The van der Waals surface area contributed by atoms with Crippen molar-refractivity contribution in [3.63, 3.8) is 0 Å². The Bertz CT molecular complexity index is 1240. The third-order valence-corrected chi connectivity index (χ3v) is 6.82. The van der Waals surface area contributed by atoms with Crippen LogP contribution in [0.1, 0.15) is 5.82 Å². The summed E-state index contributed by atoms with van der Waals surface area (Å²) in [4.78, 5) is 12.3. The summed E-state index contributed by atoms with van der Waals surface area (Å²) in [6.45, 7) is 0.279. The van der Waals surface area contributed by atoms with E-state index in [4.69, 9.17) is 16.3 Å². The summed E-state index contributed by atoms with van der Waals surface area (Å²) in [5.41, 5.74) is 0.640. The Morgan fingerprint density at radius 3 is 2.81 bits per heavy atom. The number of ether oxygens (including phenoxy) is 1. The first-order chi connectivity index (χ1) is 15.0. The van der Waals surface area contributed by atoms with E-state index in [0.29, 0.717) is 21.7 Å². The maximum atomic E-state index is 12.3. The van der Waals surface area contributed by atoms with E-state index in [2.05, 4.69) is 31.4 Å². The van der Waals surface area contributed by atoms with Crippen LogP contribution < -0.4 is 10.1 Å². The van der Waals surface area contributed by atoms with Crippen LogP contribution >= 0.6 is 39.3 Å². The molecule has 1 amide bonds. The van der Waals surface area contributed by atoms with Crippen molar-refractivity contribution in [2.75, 3.05) is 11.1 Å². The molecule has 6 nitrogen and oxygen atoms in total. The van der Waals surface area contributed by atoms with Crippen LogP contribution in [0.15, 0.2) is 70.3 Å². The van der Waals surface area contributed by atoms with E-state index in [9.17, 15) is 4.79 Å². The van der Waals surface area contributed by atoms with Gasteiger partial charge in [0.05, 0.1) is 10.8 Å². The standard InChI is InChI=1S/C22H18BrClN4O2S/c1-28-20(12-30-19-8-4-6-14-5-2-3-7-16(14)19)26-27-22(28)31-13-21(29)25-15-9-10-17(23)18(24)11-15/h2-11H,12-13H2,1H3,(H,25,29). The summed E-state index contributed by atoms with van der Waals surface area (Å²) < 4.78 is 8.61. The first-order valence-electron chi connectivity index (χ1n) is 9.38. The lowest BCUT2D eigenvalue weighted by molar-refractivity contribution is -0.113. The predicted octanol–water partition coefficient (Wildman–Crippen LogP) is 5.69. The van der Waals surface area contributed by atoms with Crippen LogP contribution in [0.2, 0.25) is 5.02 Å². The number of rotatable bonds is 7. The summed E-state index contributed by atoms with van der Waals surface area (Å²) >= 11 is 10.7. The Kier molecular flexibility index (Phi) is 6.80. The van der Waals surface area contributed by atoms with Crippen molar-refractivity contribution in [1.82, 2.24) is 14.8 Å². The zero-order valence-electron chi connectivity index (χ0n) is 16.5. The van der Waals surface area contributed by atoms with Gasteiger partial charge in [0.25, 0.3) is 0 Å². The van der Waals surface area contributed by atoms with E-state index in [0.717, 1.165) is 21.0 Å². The quantitative estimate of drug-likeness (QED) is 0.319. The lowest BCUT2D eigenvalue weighted by atomic mass is 10.1. The second-order valence-electron chi connectivity index (χ2n) is 6.69. The fourth-order valence-corrected chi connectivity index (χ4v) is 4.12. The number of carbonyl (C=O) groups excluding carboxylic acids is 1. The van der Waals surface area contributed by atoms with Crippen LogP contribution in [0.3, 0.4) is 0 Å². The van der Waals surface area contributed by atoms with Crippen molar-refractivity contribution in [2.45, 2.75) is 11.8 Å². The van der Waals surface area contributed by atoms with Gasteiger partial charge in [-0.05, 0) is 45.6 Å². The smallest absolute Gasteiger partial charge is 0.234 e. The molecule has 0 aliphatic rings. The van der Waals surface area contributed by atoms with Gasteiger partial charge >= 0.3 is 0 Å². The van der Waals surface area contributed by atoms with E-state index in [-0.39, 0.29) is 18.3 Å². The molecular weight excluding hydrogens is 500 g/mol. The van der Waals surface area contributed by atoms with Gasteiger partial charge in [0.15, 0.2) is 11.0 Å². The molecule has 0 saturated heterocycles. The van der Waals surface area contributed by atoms with Gasteiger partial charge in [0.1, 0.15) is 12.4 Å². The largest absolute Gasteiger partial charge is 0.485 e. The molecular formula is C22H18BrClN4O2S. The summed E-state index contributed by atoms with van der Waals surface area (Å²) in [6.07, 6.45) is 0. The number of nitrogens with zero attached hydrogens (tertiary/aromatic N) is 3. The number of nitrogens with one attached hydrogen (secondary N) is 1. The first-order valence-corrected chi connectivity index (χ1v) is 11.5. The number of halogens is 2. The van der Waals surface area contributed by atoms with Gasteiger partial charge in [-0.3, -0.25) is 4.79 Å². The summed E-state index contributed by atoms with van der Waals surface area (Å²) in [5, 5.41) is 14.6. The summed E-state index contributed by atoms with van der Waals surface area (Å²) in [7, 11) is 1.86. The fraction of sp³-hybridized carbons (Fsp3) is 0.136. The molecule has 0 aliphatic heterocycles. The van der Waals surface area contributed by atoms with Crippen LogP contribution in [-0.4, -0.2) is 26.4 Å². The van der Waals surface area contributed by atoms with Crippen molar-refractivity contribution in [3.8, 4) is 5.75 Å². The monoisotopic (exact) mass is 516 g/mol. The zero-order valence-corrected chi connectivity index (χ0v) is 19.7. The lowest BCUT2D eigenvalue weighted by Crippen LogP contribution is -2.14. The van der Waals surface area contributed by atoms with Crippen molar-refractivity contribution >= 4 is 61.7 Å². The Morgan fingerprint density at radius 2 is 1.97 bits per heavy atom. The molecule has 0 unspecified atom stereocenters. The molecule has 31 heavy (non-hydrogen) atoms. The number of benzene rings is 3. The zero-order chi connectivity index (χ0) is 21.8. The van der Waals surface area contributed by atoms with E-state index < -0.39 is 0 Å². The van der Waals surface area contributed by atoms with Crippen molar-refractivity contribution in [2.24, 2.45) is 7.05 Å². The molecule has 0 spiro atoms. The molecule has 4 rings (SSSR count). The minimum Gasteiger partial charge on any atom is -0.485 e. The molecule has 4 aromatic rings. The number of anilines is 1. The maximum absolute atomic E-state index is 12.3. The van der Waals surface area contributed by atoms with Gasteiger partial charge < -0.3 is 14.6 Å². The van der Waals surface area contributed by atoms with Gasteiger partial charge in [-0.25, -0.2) is 0 Å². The number of thioether (sulfide) groups is 1. The highest BCUT2D eigenvalue weighted by atomic mass is 79.9. The van der Waals surface area contributed by atoms with Crippen LogP contribution in [-0.2, 0) is 18.4 Å². The maximum Gasteiger partial charge on any atom is 0.234 e. The molecule has 1 aromatic heterocycles. The van der Waals surface area contributed by atoms with Crippen molar-refractivity contribution in [3.05, 3.63) is 76.0 Å². The Labute approximate surface area is 197 Å². The number of hydrogen-bond donors (Lipinski definition) is 1. The van der Waals surface area contributed by atoms with Crippen LogP contribution in [0.25, 0.3) is 10.8 Å². The fourth-order valence-electron chi connectivity index (χ4n) is 2.96. The Balaban J connectivity index is 1.35. The average molecular weight is 518 g/mol. The van der Waals surface area contributed by atoms with Crippen LogP contribution in [0.4, 0.5) is 5.69 Å². The Morgan fingerprint density at radius 1 is 1.16 bits per heavy atom. The molecule has 0 aliphatic carbocycles. The molecule has 0 bridgehead atoms. The molecule has 0 saturated carbocycles. The SMILES string of the molecule is Cn1c(COc2cccc3ccccc23)nnc1SCC(=O)Nc1ccc(Br)c(Cl)c1. The molecule has 9 heteroatoms. The molecule has 158 valence electrons. The van der Waals surface area contributed by atoms with E-state index in [1.165, 1.54) is 11.8 Å². The average Bonchev–Trinajstić information content (AvgIpc) is 3.12. The van der Waals surface area contributed by atoms with Gasteiger partial charge in [0.2, 0.25) is 5.91 Å². The third kappa shape index (κ3) is 5.20. The number of aromatic nitrogens is 3. The summed E-state index contributed by atoms with van der Waals surface area (Å²) in [5.74, 6) is 1.52. The van der Waals surface area contributed by atoms with Gasteiger partial charge in [0, 0.05) is 22.6 Å². The Hall–Kier alpha value is -2.55. The molecule has 3 aromatic carbocycles. The van der Waals surface area contributed by atoms with Gasteiger partial charge in [-0.2, -0.15) is 0 Å². The molecule has 1 heterocycles. The topological polar surface area (TPSA) is 69.0 Å².